The van der Waals surface area contributed by atoms with E-state index in [0.717, 1.165) is 23.6 Å². The van der Waals surface area contributed by atoms with Gasteiger partial charge in [0.2, 0.25) is 5.91 Å². The lowest BCUT2D eigenvalue weighted by atomic mass is 10.0. The van der Waals surface area contributed by atoms with Gasteiger partial charge in [-0.25, -0.2) is 0 Å². The Morgan fingerprint density at radius 2 is 2.12 bits per heavy atom. The molecule has 32 heavy (non-hydrogen) atoms. The van der Waals surface area contributed by atoms with Crippen LogP contribution in [0, 0.1) is 0 Å². The third kappa shape index (κ3) is 4.34. The highest BCUT2D eigenvalue weighted by Crippen LogP contribution is 2.42. The number of amides is 1. The zero-order valence-electron chi connectivity index (χ0n) is 17.8. The molecule has 2 N–H and O–H groups in total. The molecule has 1 amide bonds. The number of hydrogen-bond donors (Lipinski definition) is 2. The summed E-state index contributed by atoms with van der Waals surface area (Å²) in [5.74, 6) is -0.269. The van der Waals surface area contributed by atoms with E-state index in [1.807, 2.05) is 36.4 Å². The molecule has 2 aromatic heterocycles. The lowest BCUT2D eigenvalue weighted by Gasteiger charge is -2.29. The van der Waals surface area contributed by atoms with Crippen LogP contribution in [0.3, 0.4) is 0 Å². The van der Waals surface area contributed by atoms with Crippen LogP contribution in [0.15, 0.2) is 60.9 Å². The van der Waals surface area contributed by atoms with Gasteiger partial charge in [-0.1, -0.05) is 17.7 Å². The number of nitrogens with zero attached hydrogens (tertiary/aromatic N) is 3. The first kappa shape index (κ1) is 22.3. The van der Waals surface area contributed by atoms with Crippen LogP contribution in [0.1, 0.15) is 30.4 Å². The Bertz CT molecular complexity index is 1120. The summed E-state index contributed by atoms with van der Waals surface area (Å²) in [4.78, 5) is 18.5. The minimum absolute atomic E-state index is 0.0416. The molecule has 9 heteroatoms. The van der Waals surface area contributed by atoms with Crippen LogP contribution in [0.4, 0.5) is 11.4 Å². The predicted molar refractivity (Wildman–Crippen MR) is 130 cm³/mol. The molecule has 7 nitrogen and oxygen atoms in total. The summed E-state index contributed by atoms with van der Waals surface area (Å²) in [7, 11) is 1.47. The fraction of sp³-hybridized carbons (Fsp3) is 0.261. The summed E-state index contributed by atoms with van der Waals surface area (Å²) in [5.41, 5.74) is 3.36. The molecule has 1 aliphatic heterocycles. The molecule has 2 atom stereocenters. The highest BCUT2D eigenvalue weighted by Gasteiger charge is 2.42. The Morgan fingerprint density at radius 1 is 1.28 bits per heavy atom. The lowest BCUT2D eigenvalue weighted by Crippen LogP contribution is -2.30. The summed E-state index contributed by atoms with van der Waals surface area (Å²) in [5, 5.41) is 7.20. The molecule has 0 aliphatic carbocycles. The maximum absolute atomic E-state index is 11.9. The molecule has 3 aromatic rings. The molecule has 4 rings (SSSR count). The van der Waals surface area contributed by atoms with Gasteiger partial charge in [-0.3, -0.25) is 9.78 Å². The Balaban J connectivity index is 1.74. The van der Waals surface area contributed by atoms with Gasteiger partial charge in [-0.2, -0.15) is 0 Å². The number of benzene rings is 1. The van der Waals surface area contributed by atoms with E-state index in [4.69, 9.17) is 28.6 Å². The molecule has 0 spiro atoms. The van der Waals surface area contributed by atoms with Gasteiger partial charge in [-0.15, -0.1) is 0 Å². The van der Waals surface area contributed by atoms with Gasteiger partial charge in [0.05, 0.1) is 22.4 Å². The van der Waals surface area contributed by atoms with Gasteiger partial charge >= 0.3 is 0 Å². The van der Waals surface area contributed by atoms with Crippen LogP contribution < -0.4 is 15.5 Å². The number of anilines is 2. The predicted octanol–water partition coefficient (Wildman–Crippen LogP) is 4.32. The number of nitrogens with one attached hydrogen (secondary N) is 2. The number of carbonyl (C=O) groups is 1. The van der Waals surface area contributed by atoms with Crippen molar-refractivity contribution in [3.63, 3.8) is 0 Å². The Morgan fingerprint density at radius 3 is 2.81 bits per heavy atom. The maximum Gasteiger partial charge on any atom is 0.250 e. The van der Waals surface area contributed by atoms with Crippen molar-refractivity contribution in [2.24, 2.45) is 0 Å². The Kier molecular flexibility index (Phi) is 6.74. The van der Waals surface area contributed by atoms with Crippen molar-refractivity contribution in [3.05, 3.63) is 77.3 Å². The second-order valence-corrected chi connectivity index (χ2v) is 8.15. The van der Waals surface area contributed by atoms with Gasteiger partial charge < -0.3 is 24.8 Å². The minimum atomic E-state index is -0.269. The first-order valence-electron chi connectivity index (χ1n) is 10.3. The number of aromatic nitrogens is 2. The summed E-state index contributed by atoms with van der Waals surface area (Å²) in [6.45, 7) is 2.90. The fourth-order valence-corrected chi connectivity index (χ4v) is 4.56. The van der Waals surface area contributed by atoms with E-state index in [1.165, 1.54) is 7.11 Å². The monoisotopic (exact) mass is 469 g/mol. The highest BCUT2D eigenvalue weighted by atomic mass is 35.5. The Labute approximate surface area is 197 Å². The number of aryl methyl sites for hydroxylation is 1. The molecule has 166 valence electrons. The van der Waals surface area contributed by atoms with Crippen molar-refractivity contribution < 1.29 is 9.53 Å². The zero-order chi connectivity index (χ0) is 22.7. The van der Waals surface area contributed by atoms with Crippen LogP contribution in [-0.2, 0) is 16.1 Å². The molecule has 1 fully saturated rings. The van der Waals surface area contributed by atoms with E-state index in [9.17, 15) is 4.79 Å². The van der Waals surface area contributed by atoms with Crippen molar-refractivity contribution in [2.45, 2.75) is 25.6 Å². The summed E-state index contributed by atoms with van der Waals surface area (Å²) >= 11 is 12.3. The summed E-state index contributed by atoms with van der Waals surface area (Å²) in [6, 6.07) is 15.2. The topological polar surface area (TPSA) is 71.4 Å². The van der Waals surface area contributed by atoms with E-state index >= 15 is 0 Å². The average Bonchev–Trinajstić information content (AvgIpc) is 3.39. The normalized spacial score (nSPS) is 18.0. The van der Waals surface area contributed by atoms with Crippen molar-refractivity contribution in [1.29, 1.82) is 0 Å². The number of halogens is 1. The molecule has 0 saturated carbocycles. The number of hydrogen-bond acceptors (Lipinski definition) is 4. The smallest absolute Gasteiger partial charge is 0.250 e. The van der Waals surface area contributed by atoms with Crippen LogP contribution in [-0.4, -0.2) is 34.3 Å². The first-order valence-corrected chi connectivity index (χ1v) is 11.1. The van der Waals surface area contributed by atoms with Gasteiger partial charge in [0, 0.05) is 37.4 Å². The van der Waals surface area contributed by atoms with Gasteiger partial charge in [0.1, 0.15) is 12.6 Å². The summed E-state index contributed by atoms with van der Waals surface area (Å²) < 4.78 is 7.07. The van der Waals surface area contributed by atoms with Crippen LogP contribution in [0.25, 0.3) is 0 Å². The van der Waals surface area contributed by atoms with Crippen molar-refractivity contribution in [3.8, 4) is 0 Å². The molecular weight excluding hydrogens is 446 g/mol. The van der Waals surface area contributed by atoms with E-state index in [0.29, 0.717) is 15.8 Å². The molecule has 3 heterocycles. The second kappa shape index (κ2) is 9.68. The first-order chi connectivity index (χ1) is 15.5. The Hall–Kier alpha value is -2.94. The lowest BCUT2D eigenvalue weighted by molar-refractivity contribution is -0.119. The SMILES string of the molecule is CCn1cccc1[C@H]1[C@@H](c2ccccn2)NC(=S)N1c1ccc(NC(=O)COC)c(Cl)c1. The van der Waals surface area contributed by atoms with Crippen LogP contribution in [0.5, 0.6) is 0 Å². The maximum atomic E-state index is 11.9. The molecule has 0 unspecified atom stereocenters. The molecule has 0 bridgehead atoms. The molecule has 1 saturated heterocycles. The largest absolute Gasteiger partial charge is 0.375 e. The van der Waals surface area contributed by atoms with Crippen molar-refractivity contribution in [1.82, 2.24) is 14.9 Å². The van der Waals surface area contributed by atoms with Crippen LogP contribution in [0.2, 0.25) is 5.02 Å². The van der Waals surface area contributed by atoms with Crippen molar-refractivity contribution >= 4 is 46.2 Å². The van der Waals surface area contributed by atoms with Gasteiger partial charge in [0.15, 0.2) is 5.11 Å². The molecule has 1 aliphatic rings. The standard InChI is InChI=1S/C23H24ClN5O2S/c1-3-28-12-6-8-19(28)22-21(18-7-4-5-11-25-18)27-23(32)29(22)15-9-10-17(16(24)13-15)26-20(30)14-31-2/h4-13,21-22H,3,14H2,1-2H3,(H,26,30)(H,27,32)/t21-,22+/m1/s1. The zero-order valence-corrected chi connectivity index (χ0v) is 19.4. The van der Waals surface area contributed by atoms with Crippen LogP contribution >= 0.6 is 23.8 Å². The quantitative estimate of drug-likeness (QED) is 0.502. The van der Waals surface area contributed by atoms with E-state index in [2.05, 4.69) is 44.3 Å². The second-order valence-electron chi connectivity index (χ2n) is 7.36. The van der Waals surface area contributed by atoms with Crippen molar-refractivity contribution in [2.75, 3.05) is 23.9 Å². The fourth-order valence-electron chi connectivity index (χ4n) is 3.99. The summed E-state index contributed by atoms with van der Waals surface area (Å²) in [6.07, 6.45) is 3.85. The average molecular weight is 470 g/mol. The number of methoxy groups -OCH3 is 1. The third-order valence-electron chi connectivity index (χ3n) is 5.39. The number of carbonyl (C=O) groups excluding carboxylic acids is 1. The van der Waals surface area contributed by atoms with Gasteiger partial charge in [-0.05, 0) is 61.6 Å². The number of ether oxygens (including phenoxy) is 1. The number of pyridine rings is 1. The molecule has 0 radical (unpaired) electrons. The minimum Gasteiger partial charge on any atom is -0.375 e. The molecular formula is C23H24ClN5O2S. The van der Waals surface area contributed by atoms with E-state index in [-0.39, 0.29) is 24.6 Å². The highest BCUT2D eigenvalue weighted by molar-refractivity contribution is 7.80. The number of rotatable bonds is 7. The van der Waals surface area contributed by atoms with Gasteiger partial charge in [0.25, 0.3) is 0 Å². The van der Waals surface area contributed by atoms with E-state index in [1.54, 1.807) is 12.3 Å². The molecule has 1 aromatic carbocycles. The van der Waals surface area contributed by atoms with E-state index < -0.39 is 0 Å². The number of thiocarbonyl (C=S) groups is 1. The third-order valence-corrected chi connectivity index (χ3v) is 6.01.